The molecule has 3 aromatic carbocycles. The van der Waals surface area contributed by atoms with Crippen molar-refractivity contribution in [2.24, 2.45) is 23.7 Å². The van der Waals surface area contributed by atoms with Crippen LogP contribution in [-0.4, -0.2) is 73.5 Å². The number of carbonyl (C=O) groups excluding carboxylic acids is 4. The average molecular weight is 683 g/mol. The van der Waals surface area contributed by atoms with Gasteiger partial charge in [0.2, 0.25) is 30.3 Å². The Balaban J connectivity index is 1.15. The summed E-state index contributed by atoms with van der Waals surface area (Å²) in [5.74, 6) is -3.91. The number of carbonyl (C=O) groups is 4. The molecule has 13 heteroatoms. The summed E-state index contributed by atoms with van der Waals surface area (Å²) in [7, 11) is 2.85. The smallest absolute Gasteiger partial charge is 0.310 e. The first kappa shape index (κ1) is 30.7. The van der Waals surface area contributed by atoms with Crippen molar-refractivity contribution in [3.63, 3.8) is 0 Å². The van der Waals surface area contributed by atoms with Crippen LogP contribution in [-0.2, 0) is 28.7 Å². The minimum Gasteiger partial charge on any atom is -0.502 e. The van der Waals surface area contributed by atoms with Crippen LogP contribution in [0, 0.1) is 23.7 Å². The van der Waals surface area contributed by atoms with Crippen LogP contribution < -0.4 is 24.3 Å². The highest BCUT2D eigenvalue weighted by molar-refractivity contribution is 6.09. The summed E-state index contributed by atoms with van der Waals surface area (Å²) in [4.78, 5) is 57.5. The summed E-state index contributed by atoms with van der Waals surface area (Å²) in [6, 6.07) is 13.6. The highest BCUT2D eigenvalue weighted by Gasteiger charge is 2.64. The number of likely N-dealkylation sites (tertiary alicyclic amines) is 1. The third-order valence-electron chi connectivity index (χ3n) is 11.3. The molecule has 0 aromatic heterocycles. The fourth-order valence-corrected chi connectivity index (χ4v) is 9.12. The maximum absolute atomic E-state index is 14.7. The second-order valence-electron chi connectivity index (χ2n) is 13.6. The lowest BCUT2D eigenvalue weighted by atomic mass is 9.65. The molecule has 5 aliphatic heterocycles. The number of hydrogen-bond acceptors (Lipinski definition) is 11. The summed E-state index contributed by atoms with van der Waals surface area (Å²) >= 11 is 0. The topological polar surface area (TPSA) is 159 Å². The zero-order chi connectivity index (χ0) is 34.4. The SMILES string of the molecule is COc1cc([C@@H]2c3cc4c(cc3[C@@H](NC(=O)[C@H](c3ccccc3)N3C(=O)C5C6CCC(O6)C5C3=O)[C@H]3COC(=O)[C@H]23)OCO4)cc(OC)c1O. The van der Waals surface area contributed by atoms with Gasteiger partial charge in [-0.1, -0.05) is 30.3 Å². The van der Waals surface area contributed by atoms with E-state index in [0.717, 1.165) is 4.90 Å². The van der Waals surface area contributed by atoms with E-state index >= 15 is 0 Å². The third-order valence-corrected chi connectivity index (χ3v) is 11.3. The Hall–Kier alpha value is -5.30. The lowest BCUT2D eigenvalue weighted by Gasteiger charge is -2.40. The Morgan fingerprint density at radius 3 is 2.10 bits per heavy atom. The molecule has 4 fully saturated rings. The van der Waals surface area contributed by atoms with Crippen LogP contribution in [0.5, 0.6) is 28.7 Å². The molecule has 0 saturated carbocycles. The van der Waals surface area contributed by atoms with E-state index in [2.05, 4.69) is 5.32 Å². The van der Waals surface area contributed by atoms with Crippen molar-refractivity contribution < 1.29 is 52.7 Å². The number of cyclic esters (lactones) is 1. The Kier molecular flexibility index (Phi) is 6.99. The van der Waals surface area contributed by atoms with Crippen molar-refractivity contribution in [3.8, 4) is 28.7 Å². The number of methoxy groups -OCH3 is 2. The van der Waals surface area contributed by atoms with Crippen molar-refractivity contribution in [3.05, 3.63) is 76.9 Å². The van der Waals surface area contributed by atoms with Gasteiger partial charge in [0.15, 0.2) is 23.0 Å². The van der Waals surface area contributed by atoms with Gasteiger partial charge in [-0.2, -0.15) is 0 Å². The molecule has 9 atom stereocenters. The van der Waals surface area contributed by atoms with Crippen LogP contribution in [0.1, 0.15) is 53.1 Å². The van der Waals surface area contributed by atoms with Gasteiger partial charge < -0.3 is 38.8 Å². The number of amides is 3. The van der Waals surface area contributed by atoms with Gasteiger partial charge in [-0.3, -0.25) is 24.1 Å². The van der Waals surface area contributed by atoms with Gasteiger partial charge in [0.05, 0.1) is 56.8 Å². The van der Waals surface area contributed by atoms with Crippen LogP contribution in [0.3, 0.4) is 0 Å². The normalized spacial score (nSPS) is 30.4. The van der Waals surface area contributed by atoms with Crippen molar-refractivity contribution in [2.45, 2.75) is 43.1 Å². The predicted octanol–water partition coefficient (Wildman–Crippen LogP) is 3.13. The number of fused-ring (bicyclic) bond motifs is 8. The van der Waals surface area contributed by atoms with E-state index in [1.165, 1.54) is 14.2 Å². The predicted molar refractivity (Wildman–Crippen MR) is 170 cm³/mol. The molecule has 0 radical (unpaired) electrons. The minimum absolute atomic E-state index is 0.00102. The van der Waals surface area contributed by atoms with Gasteiger partial charge >= 0.3 is 5.97 Å². The van der Waals surface area contributed by atoms with E-state index in [4.69, 9.17) is 28.4 Å². The van der Waals surface area contributed by atoms with E-state index in [0.29, 0.717) is 46.6 Å². The number of imide groups is 1. The fourth-order valence-electron chi connectivity index (χ4n) is 9.12. The van der Waals surface area contributed by atoms with E-state index in [1.54, 1.807) is 54.6 Å². The monoisotopic (exact) mass is 682 g/mol. The van der Waals surface area contributed by atoms with Gasteiger partial charge in [0, 0.05) is 11.8 Å². The molecule has 50 heavy (non-hydrogen) atoms. The van der Waals surface area contributed by atoms with Crippen LogP contribution in [0.15, 0.2) is 54.6 Å². The summed E-state index contributed by atoms with van der Waals surface area (Å²) in [6.07, 6.45) is 0.730. The molecule has 258 valence electrons. The van der Waals surface area contributed by atoms with Crippen LogP contribution in [0.4, 0.5) is 0 Å². The number of aromatic hydroxyl groups is 1. The van der Waals surface area contributed by atoms with Crippen molar-refractivity contribution in [1.82, 2.24) is 10.2 Å². The Morgan fingerprint density at radius 2 is 1.48 bits per heavy atom. The lowest BCUT2D eigenvalue weighted by molar-refractivity contribution is -0.150. The largest absolute Gasteiger partial charge is 0.502 e. The van der Waals surface area contributed by atoms with E-state index in [9.17, 15) is 24.3 Å². The van der Waals surface area contributed by atoms with E-state index in [1.807, 2.05) is 0 Å². The molecule has 2 N–H and O–H groups in total. The molecule has 5 heterocycles. The molecule has 6 aliphatic rings. The summed E-state index contributed by atoms with van der Waals surface area (Å²) in [6.45, 7) is 0.00653. The van der Waals surface area contributed by atoms with Crippen molar-refractivity contribution in [1.29, 1.82) is 0 Å². The Morgan fingerprint density at radius 1 is 0.860 bits per heavy atom. The number of nitrogens with one attached hydrogen (secondary N) is 1. The molecular weight excluding hydrogens is 648 g/mol. The van der Waals surface area contributed by atoms with Crippen molar-refractivity contribution >= 4 is 23.7 Å². The second-order valence-corrected chi connectivity index (χ2v) is 13.6. The quantitative estimate of drug-likeness (QED) is 0.279. The van der Waals surface area contributed by atoms with Crippen LogP contribution in [0.25, 0.3) is 0 Å². The number of hydrogen-bond donors (Lipinski definition) is 2. The Bertz CT molecular complexity index is 1900. The molecule has 4 unspecified atom stereocenters. The number of phenolic OH excluding ortho intramolecular Hbond substituents is 1. The summed E-state index contributed by atoms with van der Waals surface area (Å²) in [5, 5.41) is 13.9. The standard InChI is InChI=1S/C37H34N2O11/c1-45-25-10-17(11-26(46-2)33(25)40)27-18-12-23-24(49-15-48-23)13-19(18)31(20-14-47-37(44)28(20)27)38-34(41)32(16-6-4-3-5-7-16)39-35(42)29-21-8-9-22(50-21)30(29)36(39)43/h3-7,10-13,20-22,27-32,40H,8-9,14-15H2,1-2H3,(H,38,41)/t20-,21?,22?,27+,28-,29?,30?,31+,32-/m0/s1. The molecule has 3 amide bonds. The molecule has 3 aromatic rings. The van der Waals surface area contributed by atoms with Crippen LogP contribution in [0.2, 0.25) is 0 Å². The van der Waals surface area contributed by atoms with Gasteiger partial charge in [-0.15, -0.1) is 0 Å². The first-order valence-corrected chi connectivity index (χ1v) is 16.7. The van der Waals surface area contributed by atoms with Gasteiger partial charge in [-0.05, 0) is 59.4 Å². The molecular formula is C37H34N2O11. The van der Waals surface area contributed by atoms with Gasteiger partial charge in [0.25, 0.3) is 0 Å². The second kappa shape index (κ2) is 11.4. The number of phenols is 1. The highest BCUT2D eigenvalue weighted by atomic mass is 16.7. The molecule has 4 saturated heterocycles. The van der Waals surface area contributed by atoms with E-state index < -0.39 is 65.4 Å². The van der Waals surface area contributed by atoms with Crippen molar-refractivity contribution in [2.75, 3.05) is 27.6 Å². The zero-order valence-corrected chi connectivity index (χ0v) is 27.2. The molecule has 0 spiro atoms. The first-order valence-electron chi connectivity index (χ1n) is 16.7. The maximum Gasteiger partial charge on any atom is 0.310 e. The van der Waals surface area contributed by atoms with Crippen LogP contribution >= 0.6 is 0 Å². The number of benzene rings is 3. The fraction of sp³-hybridized carbons (Fsp3) is 0.405. The van der Waals surface area contributed by atoms with E-state index in [-0.39, 0.29) is 42.9 Å². The Labute approximate surface area is 286 Å². The highest BCUT2D eigenvalue weighted by Crippen LogP contribution is 2.56. The molecule has 1 aliphatic carbocycles. The number of rotatable bonds is 7. The molecule has 2 bridgehead atoms. The zero-order valence-electron chi connectivity index (χ0n) is 27.2. The lowest BCUT2D eigenvalue weighted by Crippen LogP contribution is -2.49. The van der Waals surface area contributed by atoms with Gasteiger partial charge in [-0.25, -0.2) is 0 Å². The number of esters is 1. The summed E-state index contributed by atoms with van der Waals surface area (Å²) in [5.41, 5.74) is 2.43. The summed E-state index contributed by atoms with van der Waals surface area (Å²) < 4.78 is 34.1. The average Bonchev–Trinajstić information content (AvgIpc) is 3.97. The minimum atomic E-state index is -1.25. The van der Waals surface area contributed by atoms with Gasteiger partial charge in [0.1, 0.15) is 6.04 Å². The first-order chi connectivity index (χ1) is 24.3. The number of ether oxygens (including phenoxy) is 6. The molecule has 13 nitrogen and oxygen atoms in total. The third kappa shape index (κ3) is 4.35. The molecule has 9 rings (SSSR count). The number of nitrogens with zero attached hydrogens (tertiary/aromatic N) is 1. The maximum atomic E-state index is 14.7.